The molecule has 156 valence electrons. The summed E-state index contributed by atoms with van der Waals surface area (Å²) in [6.07, 6.45) is 4.24. The van der Waals surface area contributed by atoms with Gasteiger partial charge in [0.2, 0.25) is 5.91 Å². The second-order valence-corrected chi connectivity index (χ2v) is 8.10. The zero-order valence-corrected chi connectivity index (χ0v) is 16.8. The van der Waals surface area contributed by atoms with Crippen molar-refractivity contribution in [2.24, 2.45) is 11.3 Å². The van der Waals surface area contributed by atoms with E-state index < -0.39 is 23.4 Å². The van der Waals surface area contributed by atoms with Crippen molar-refractivity contribution in [1.29, 1.82) is 0 Å². The molecule has 0 aromatic rings. The predicted molar refractivity (Wildman–Crippen MR) is 100 cm³/mol. The summed E-state index contributed by atoms with van der Waals surface area (Å²) in [5.41, 5.74) is 1.03. The fraction of sp³-hybridized carbons (Fsp3) is 0.833. The Labute approximate surface area is 161 Å². The summed E-state index contributed by atoms with van der Waals surface area (Å²) >= 11 is 0. The highest BCUT2D eigenvalue weighted by Crippen LogP contribution is 2.27. The lowest BCUT2D eigenvalue weighted by molar-refractivity contribution is -0.142. The van der Waals surface area contributed by atoms with Gasteiger partial charge in [0.25, 0.3) is 5.91 Å². The third kappa shape index (κ3) is 8.13. The molecule has 0 aromatic carbocycles. The number of hydroxylamine groups is 1. The van der Waals surface area contributed by atoms with Gasteiger partial charge in [-0.15, -0.1) is 0 Å². The number of rotatable bonds is 9. The van der Waals surface area contributed by atoms with E-state index in [2.05, 4.69) is 10.6 Å². The topological polar surface area (TPSA) is 120 Å². The molecule has 0 aliphatic heterocycles. The fourth-order valence-electron chi connectivity index (χ4n) is 3.23. The average molecular weight is 386 g/mol. The second-order valence-electron chi connectivity index (χ2n) is 8.10. The highest BCUT2D eigenvalue weighted by molar-refractivity contribution is 5.90. The maximum Gasteiger partial charge on any atom is 0.315 e. The third-order valence-electron chi connectivity index (χ3n) is 4.70. The first kappa shape index (κ1) is 23.2. The molecule has 0 heterocycles. The average Bonchev–Trinajstić information content (AvgIpc) is 3.10. The van der Waals surface area contributed by atoms with Crippen molar-refractivity contribution in [3.05, 3.63) is 0 Å². The lowest BCUT2D eigenvalue weighted by atomic mass is 9.85. The Balaban J connectivity index is 2.87. The van der Waals surface area contributed by atoms with Crippen LogP contribution >= 0.6 is 0 Å². The van der Waals surface area contributed by atoms with Crippen LogP contribution in [0, 0.1) is 11.3 Å². The van der Waals surface area contributed by atoms with Crippen molar-refractivity contribution >= 4 is 17.8 Å². The lowest BCUT2D eigenvalue weighted by Gasteiger charge is -2.35. The minimum Gasteiger partial charge on any atom is -0.383 e. The number of methoxy groups -OCH3 is 1. The van der Waals surface area contributed by atoms with Gasteiger partial charge in [-0.25, -0.2) is 10.3 Å². The molecule has 0 radical (unpaired) electrons. The number of nitrogens with one attached hydrogen (secondary N) is 3. The Morgan fingerprint density at radius 1 is 1.22 bits per heavy atom. The van der Waals surface area contributed by atoms with E-state index in [0.29, 0.717) is 25.6 Å². The van der Waals surface area contributed by atoms with Crippen LogP contribution in [0.5, 0.6) is 0 Å². The summed E-state index contributed by atoms with van der Waals surface area (Å²) in [7, 11) is 1.54. The van der Waals surface area contributed by atoms with Gasteiger partial charge in [-0.3, -0.25) is 14.8 Å². The molecule has 4 amide bonds. The molecule has 1 rings (SSSR count). The molecule has 0 bridgehead atoms. The first-order chi connectivity index (χ1) is 12.7. The van der Waals surface area contributed by atoms with E-state index in [1.54, 1.807) is 5.48 Å². The van der Waals surface area contributed by atoms with E-state index in [1.807, 2.05) is 20.8 Å². The lowest BCUT2D eigenvalue weighted by Crippen LogP contribution is -2.58. The van der Waals surface area contributed by atoms with Gasteiger partial charge in [0, 0.05) is 20.2 Å². The van der Waals surface area contributed by atoms with Crippen LogP contribution in [0.3, 0.4) is 0 Å². The third-order valence-corrected chi connectivity index (χ3v) is 4.70. The summed E-state index contributed by atoms with van der Waals surface area (Å²) < 4.78 is 4.89. The molecule has 9 heteroatoms. The molecule has 27 heavy (non-hydrogen) atoms. The molecule has 0 spiro atoms. The van der Waals surface area contributed by atoms with Gasteiger partial charge < -0.3 is 20.3 Å². The van der Waals surface area contributed by atoms with Gasteiger partial charge in [0.15, 0.2) is 0 Å². The molecule has 0 unspecified atom stereocenters. The molecular weight excluding hydrogens is 352 g/mol. The summed E-state index contributed by atoms with van der Waals surface area (Å²) in [6.45, 7) is 6.44. The molecule has 9 nitrogen and oxygen atoms in total. The molecule has 1 fully saturated rings. The molecular formula is C18H34N4O5. The van der Waals surface area contributed by atoms with Crippen LogP contribution in [0.2, 0.25) is 0 Å². The monoisotopic (exact) mass is 386 g/mol. The van der Waals surface area contributed by atoms with Crippen molar-refractivity contribution in [2.45, 2.75) is 52.5 Å². The Kier molecular flexibility index (Phi) is 9.51. The van der Waals surface area contributed by atoms with Crippen LogP contribution in [-0.4, -0.2) is 67.3 Å². The largest absolute Gasteiger partial charge is 0.383 e. The van der Waals surface area contributed by atoms with E-state index in [-0.39, 0.29) is 12.5 Å². The van der Waals surface area contributed by atoms with Crippen molar-refractivity contribution in [1.82, 2.24) is 21.0 Å². The van der Waals surface area contributed by atoms with E-state index in [1.165, 1.54) is 12.0 Å². The maximum absolute atomic E-state index is 13.2. The Hall–Kier alpha value is -1.87. The Bertz CT molecular complexity index is 500. The molecule has 4 N–H and O–H groups in total. The minimum atomic E-state index is -0.812. The number of amides is 4. The van der Waals surface area contributed by atoms with Crippen molar-refractivity contribution in [3.8, 4) is 0 Å². The summed E-state index contributed by atoms with van der Waals surface area (Å²) in [5, 5.41) is 14.2. The van der Waals surface area contributed by atoms with Crippen LogP contribution in [0.15, 0.2) is 0 Å². The highest BCUT2D eigenvalue weighted by Gasteiger charge is 2.37. The molecule has 1 aliphatic rings. The van der Waals surface area contributed by atoms with E-state index in [4.69, 9.17) is 9.94 Å². The number of ether oxygens (including phenoxy) is 1. The quantitative estimate of drug-likeness (QED) is 0.266. The van der Waals surface area contributed by atoms with Gasteiger partial charge in [-0.2, -0.15) is 0 Å². The standard InChI is InChI=1S/C18H34N4O5/c1-18(2,3)15(20-17(25)19-9-10-27-4)16(24)22(12-14(23)21-26)11-13-7-5-6-8-13/h13,15,26H,5-12H2,1-4H3,(H,21,23)(H2,19,20,25)/t15-/m1/s1. The van der Waals surface area contributed by atoms with E-state index in [9.17, 15) is 14.4 Å². The van der Waals surface area contributed by atoms with Gasteiger partial charge in [0.1, 0.15) is 12.6 Å². The van der Waals surface area contributed by atoms with Crippen LogP contribution in [-0.2, 0) is 14.3 Å². The summed E-state index contributed by atoms with van der Waals surface area (Å²) in [5.74, 6) is -0.657. The SMILES string of the molecule is COCCNC(=O)N[C@H](C(=O)N(CC(=O)NO)CC1CCCC1)C(C)(C)C. The van der Waals surface area contributed by atoms with Gasteiger partial charge in [-0.1, -0.05) is 33.6 Å². The number of nitrogens with zero attached hydrogens (tertiary/aromatic N) is 1. The van der Waals surface area contributed by atoms with Crippen LogP contribution in [0.25, 0.3) is 0 Å². The summed E-state index contributed by atoms with van der Waals surface area (Å²) in [4.78, 5) is 38.5. The Morgan fingerprint density at radius 2 is 1.85 bits per heavy atom. The first-order valence-corrected chi connectivity index (χ1v) is 9.44. The van der Waals surface area contributed by atoms with Gasteiger partial charge in [-0.05, 0) is 24.2 Å². The van der Waals surface area contributed by atoms with Crippen LogP contribution in [0.1, 0.15) is 46.5 Å². The normalized spacial score (nSPS) is 15.9. The number of hydrogen-bond donors (Lipinski definition) is 4. The number of urea groups is 1. The number of carbonyl (C=O) groups is 3. The van der Waals surface area contributed by atoms with Crippen molar-refractivity contribution in [2.75, 3.05) is 33.4 Å². The van der Waals surface area contributed by atoms with Crippen LogP contribution < -0.4 is 16.1 Å². The molecule has 1 saturated carbocycles. The minimum absolute atomic E-state index is 0.245. The number of hydrogen-bond acceptors (Lipinski definition) is 5. The fourth-order valence-corrected chi connectivity index (χ4v) is 3.23. The van der Waals surface area contributed by atoms with Gasteiger partial charge in [0.05, 0.1) is 6.61 Å². The predicted octanol–water partition coefficient (Wildman–Crippen LogP) is 0.871. The number of carbonyl (C=O) groups excluding carboxylic acids is 3. The first-order valence-electron chi connectivity index (χ1n) is 9.44. The van der Waals surface area contributed by atoms with Crippen molar-refractivity contribution < 1.29 is 24.3 Å². The highest BCUT2D eigenvalue weighted by atomic mass is 16.5. The molecule has 0 saturated heterocycles. The smallest absolute Gasteiger partial charge is 0.315 e. The van der Waals surface area contributed by atoms with Crippen molar-refractivity contribution in [3.63, 3.8) is 0 Å². The van der Waals surface area contributed by atoms with Gasteiger partial charge >= 0.3 is 6.03 Å². The van der Waals surface area contributed by atoms with E-state index in [0.717, 1.165) is 25.7 Å². The molecule has 0 aromatic heterocycles. The summed E-state index contributed by atoms with van der Waals surface area (Å²) in [6, 6.07) is -1.28. The van der Waals surface area contributed by atoms with E-state index >= 15 is 0 Å². The second kappa shape index (κ2) is 11.1. The zero-order chi connectivity index (χ0) is 20.4. The molecule has 1 atom stereocenters. The maximum atomic E-state index is 13.2. The Morgan fingerprint density at radius 3 is 2.37 bits per heavy atom. The zero-order valence-electron chi connectivity index (χ0n) is 16.8. The van der Waals surface area contributed by atoms with Crippen LogP contribution in [0.4, 0.5) is 4.79 Å². The molecule has 1 aliphatic carbocycles.